The van der Waals surface area contributed by atoms with Gasteiger partial charge in [0.25, 0.3) is 0 Å². The minimum atomic E-state index is -0.625. The van der Waals surface area contributed by atoms with E-state index in [1.165, 1.54) is 7.11 Å². The van der Waals surface area contributed by atoms with Crippen molar-refractivity contribution in [2.75, 3.05) is 26.7 Å². The third-order valence-electron chi connectivity index (χ3n) is 3.24. The van der Waals surface area contributed by atoms with Crippen LogP contribution in [0.25, 0.3) is 0 Å². The molecular formula is C13H17NO4. The van der Waals surface area contributed by atoms with Crippen LogP contribution in [0.15, 0.2) is 22.8 Å². The number of carbonyl (C=O) groups excluding carboxylic acids is 2. The highest BCUT2D eigenvalue weighted by Gasteiger charge is 2.33. The topological polar surface area (TPSA) is 59.8 Å². The lowest BCUT2D eigenvalue weighted by Crippen LogP contribution is -2.45. The van der Waals surface area contributed by atoms with Crippen molar-refractivity contribution in [3.05, 3.63) is 24.2 Å². The van der Waals surface area contributed by atoms with Crippen LogP contribution in [0.5, 0.6) is 0 Å². The number of likely N-dealkylation sites (tertiary alicyclic amines) is 1. The van der Waals surface area contributed by atoms with Gasteiger partial charge in [-0.25, -0.2) is 0 Å². The molecule has 0 spiro atoms. The summed E-state index contributed by atoms with van der Waals surface area (Å²) in [5.41, 5.74) is 0. The monoisotopic (exact) mass is 251 g/mol. The molecular weight excluding hydrogens is 234 g/mol. The van der Waals surface area contributed by atoms with Gasteiger partial charge in [-0.15, -0.1) is 0 Å². The molecule has 1 saturated heterocycles. The molecule has 1 atom stereocenters. The van der Waals surface area contributed by atoms with Crippen molar-refractivity contribution >= 4 is 11.8 Å². The summed E-state index contributed by atoms with van der Waals surface area (Å²) in [5.74, 6) is -0.152. The molecule has 1 fully saturated rings. The average Bonchev–Trinajstić information content (AvgIpc) is 2.90. The molecule has 0 aromatic carbocycles. The Morgan fingerprint density at radius 3 is 3.11 bits per heavy atom. The second-order valence-corrected chi connectivity index (χ2v) is 4.42. The highest BCUT2D eigenvalue weighted by Crippen LogP contribution is 2.15. The number of ether oxygens (including phenoxy) is 1. The SMILES string of the molecule is COC(=O)C1CN(CCc2ccco2)CCC1=O. The smallest absolute Gasteiger partial charge is 0.317 e. The molecule has 0 bridgehead atoms. The second-order valence-electron chi connectivity index (χ2n) is 4.42. The molecule has 2 heterocycles. The van der Waals surface area contributed by atoms with Gasteiger partial charge in [0.2, 0.25) is 0 Å². The highest BCUT2D eigenvalue weighted by atomic mass is 16.5. The molecule has 0 radical (unpaired) electrons. The maximum atomic E-state index is 11.6. The summed E-state index contributed by atoms with van der Waals surface area (Å²) < 4.78 is 9.91. The first-order chi connectivity index (χ1) is 8.70. The van der Waals surface area contributed by atoms with Crippen molar-refractivity contribution in [2.24, 2.45) is 5.92 Å². The second kappa shape index (κ2) is 5.82. The minimum Gasteiger partial charge on any atom is -0.469 e. The van der Waals surface area contributed by atoms with Crippen LogP contribution in [0, 0.1) is 5.92 Å². The van der Waals surface area contributed by atoms with Crippen molar-refractivity contribution in [2.45, 2.75) is 12.8 Å². The van der Waals surface area contributed by atoms with Crippen molar-refractivity contribution in [1.29, 1.82) is 0 Å². The summed E-state index contributed by atoms with van der Waals surface area (Å²) >= 11 is 0. The largest absolute Gasteiger partial charge is 0.469 e. The van der Waals surface area contributed by atoms with Gasteiger partial charge in [-0.1, -0.05) is 0 Å². The Kier molecular flexibility index (Phi) is 4.15. The van der Waals surface area contributed by atoms with Gasteiger partial charge in [-0.3, -0.25) is 9.59 Å². The number of ketones is 1. The first-order valence-corrected chi connectivity index (χ1v) is 6.06. The maximum absolute atomic E-state index is 11.6. The van der Waals surface area contributed by atoms with Crippen molar-refractivity contribution in [3.8, 4) is 0 Å². The zero-order valence-electron chi connectivity index (χ0n) is 10.4. The molecule has 98 valence electrons. The van der Waals surface area contributed by atoms with E-state index < -0.39 is 11.9 Å². The van der Waals surface area contributed by atoms with E-state index in [4.69, 9.17) is 4.42 Å². The van der Waals surface area contributed by atoms with Crippen molar-refractivity contribution in [3.63, 3.8) is 0 Å². The van der Waals surface area contributed by atoms with Gasteiger partial charge in [-0.05, 0) is 12.1 Å². The lowest BCUT2D eigenvalue weighted by atomic mass is 9.96. The van der Waals surface area contributed by atoms with E-state index in [0.717, 1.165) is 18.7 Å². The van der Waals surface area contributed by atoms with Gasteiger partial charge in [0.15, 0.2) is 0 Å². The van der Waals surface area contributed by atoms with E-state index >= 15 is 0 Å². The summed E-state index contributed by atoms with van der Waals surface area (Å²) in [6, 6.07) is 3.78. The number of hydrogen-bond donors (Lipinski definition) is 0. The van der Waals surface area contributed by atoms with E-state index in [9.17, 15) is 9.59 Å². The molecule has 0 amide bonds. The zero-order valence-corrected chi connectivity index (χ0v) is 10.4. The highest BCUT2D eigenvalue weighted by molar-refractivity contribution is 5.99. The van der Waals surface area contributed by atoms with Crippen LogP contribution < -0.4 is 0 Å². The molecule has 5 heteroatoms. The number of nitrogens with zero attached hydrogens (tertiary/aromatic N) is 1. The minimum absolute atomic E-state index is 0.0175. The van der Waals surface area contributed by atoms with Crippen LogP contribution in [0.4, 0.5) is 0 Å². The molecule has 0 aliphatic carbocycles. The molecule has 1 aromatic heterocycles. The third-order valence-corrected chi connectivity index (χ3v) is 3.24. The average molecular weight is 251 g/mol. The van der Waals surface area contributed by atoms with Gasteiger partial charge in [0.05, 0.1) is 13.4 Å². The van der Waals surface area contributed by atoms with Crippen molar-refractivity contribution in [1.82, 2.24) is 4.90 Å². The number of methoxy groups -OCH3 is 1. The fourth-order valence-electron chi connectivity index (χ4n) is 2.17. The Bertz CT molecular complexity index is 405. The van der Waals surface area contributed by atoms with Crippen LogP contribution >= 0.6 is 0 Å². The zero-order chi connectivity index (χ0) is 13.0. The van der Waals surface area contributed by atoms with E-state index in [-0.39, 0.29) is 5.78 Å². The molecule has 18 heavy (non-hydrogen) atoms. The molecule has 0 N–H and O–H groups in total. The van der Waals surface area contributed by atoms with Gasteiger partial charge >= 0.3 is 5.97 Å². The molecule has 2 rings (SSSR count). The first kappa shape index (κ1) is 12.8. The number of esters is 1. The Morgan fingerprint density at radius 1 is 1.61 bits per heavy atom. The number of Topliss-reactive ketones (excluding diaryl/α,β-unsaturated/α-hetero) is 1. The van der Waals surface area contributed by atoms with Crippen LogP contribution in [-0.4, -0.2) is 43.4 Å². The Hall–Kier alpha value is -1.62. The number of furan rings is 1. The predicted octanol–water partition coefficient (Wildman–Crippen LogP) is 0.886. The van der Waals surface area contributed by atoms with Gasteiger partial charge in [0, 0.05) is 32.5 Å². The summed E-state index contributed by atoms with van der Waals surface area (Å²) in [5, 5.41) is 0. The van der Waals surface area contributed by atoms with E-state index in [1.807, 2.05) is 12.1 Å². The predicted molar refractivity (Wildman–Crippen MR) is 64.0 cm³/mol. The summed E-state index contributed by atoms with van der Waals surface area (Å²) in [4.78, 5) is 25.2. The van der Waals surface area contributed by atoms with Crippen LogP contribution in [0.2, 0.25) is 0 Å². The Labute approximate surface area is 106 Å². The number of piperidine rings is 1. The van der Waals surface area contributed by atoms with Gasteiger partial charge in [0.1, 0.15) is 17.5 Å². The van der Waals surface area contributed by atoms with Crippen LogP contribution in [0.3, 0.4) is 0 Å². The van der Waals surface area contributed by atoms with E-state index in [2.05, 4.69) is 9.64 Å². The fraction of sp³-hybridized carbons (Fsp3) is 0.538. The molecule has 5 nitrogen and oxygen atoms in total. The van der Waals surface area contributed by atoms with E-state index in [1.54, 1.807) is 6.26 Å². The number of hydrogen-bond acceptors (Lipinski definition) is 5. The van der Waals surface area contributed by atoms with Gasteiger partial charge < -0.3 is 14.1 Å². The standard InChI is InChI=1S/C13H17NO4/c1-17-13(16)11-9-14(7-5-12(11)15)6-4-10-3-2-8-18-10/h2-3,8,11H,4-7,9H2,1H3. The molecule has 0 saturated carbocycles. The molecule has 1 aliphatic rings. The lowest BCUT2D eigenvalue weighted by Gasteiger charge is -2.29. The normalized spacial score (nSPS) is 20.9. The molecule has 1 aliphatic heterocycles. The fourth-order valence-corrected chi connectivity index (χ4v) is 2.17. The quantitative estimate of drug-likeness (QED) is 0.587. The number of carbonyl (C=O) groups is 2. The first-order valence-electron chi connectivity index (χ1n) is 6.06. The number of rotatable bonds is 4. The van der Waals surface area contributed by atoms with Crippen molar-refractivity contribution < 1.29 is 18.7 Å². The van der Waals surface area contributed by atoms with Gasteiger partial charge in [-0.2, -0.15) is 0 Å². The lowest BCUT2D eigenvalue weighted by molar-refractivity contribution is -0.151. The Morgan fingerprint density at radius 2 is 2.44 bits per heavy atom. The molecule has 1 aromatic rings. The summed E-state index contributed by atoms with van der Waals surface area (Å²) in [6.45, 7) is 1.94. The van der Waals surface area contributed by atoms with Crippen LogP contribution in [0.1, 0.15) is 12.2 Å². The van der Waals surface area contributed by atoms with E-state index in [0.29, 0.717) is 19.5 Å². The maximum Gasteiger partial charge on any atom is 0.317 e. The van der Waals surface area contributed by atoms with Crippen LogP contribution in [-0.2, 0) is 20.7 Å². The Balaban J connectivity index is 1.87. The summed E-state index contributed by atoms with van der Waals surface area (Å²) in [7, 11) is 1.32. The molecule has 1 unspecified atom stereocenters. The summed E-state index contributed by atoms with van der Waals surface area (Å²) in [6.07, 6.45) is 2.85. The third kappa shape index (κ3) is 2.98.